The summed E-state index contributed by atoms with van der Waals surface area (Å²) in [4.78, 5) is 0. The summed E-state index contributed by atoms with van der Waals surface area (Å²) in [7, 11) is 0. The van der Waals surface area contributed by atoms with Crippen molar-refractivity contribution >= 4 is 11.6 Å². The van der Waals surface area contributed by atoms with Gasteiger partial charge in [0.2, 0.25) is 0 Å². The van der Waals surface area contributed by atoms with Crippen LogP contribution in [0, 0.1) is 12.3 Å². The molecule has 1 aromatic carbocycles. The molecule has 92 valence electrons. The van der Waals surface area contributed by atoms with Crippen LogP contribution in [0.3, 0.4) is 0 Å². The lowest BCUT2D eigenvalue weighted by molar-refractivity contribution is 0.320. The van der Waals surface area contributed by atoms with Crippen molar-refractivity contribution in [1.82, 2.24) is 5.32 Å². The Morgan fingerprint density at radius 3 is 2.94 bits per heavy atom. The average Bonchev–Trinajstić information content (AvgIpc) is 2.31. The van der Waals surface area contributed by atoms with Gasteiger partial charge in [0.15, 0.2) is 0 Å². The minimum atomic E-state index is 0.208. The van der Waals surface area contributed by atoms with Gasteiger partial charge in [0.1, 0.15) is 5.75 Å². The Hall–Kier alpha value is -1.17. The smallest absolute Gasteiger partial charge is 0.124 e. The van der Waals surface area contributed by atoms with Crippen LogP contribution >= 0.6 is 11.6 Å². The van der Waals surface area contributed by atoms with Gasteiger partial charge >= 0.3 is 0 Å². The van der Waals surface area contributed by atoms with Crippen LogP contribution in [0.4, 0.5) is 0 Å². The van der Waals surface area contributed by atoms with Gasteiger partial charge in [0, 0.05) is 23.0 Å². The molecule has 0 spiro atoms. The summed E-state index contributed by atoms with van der Waals surface area (Å²) in [5, 5.41) is 4.06. The summed E-state index contributed by atoms with van der Waals surface area (Å²) < 4.78 is 5.66. The quantitative estimate of drug-likeness (QED) is 0.618. The Bertz CT molecular complexity index is 398. The van der Waals surface area contributed by atoms with Crippen LogP contribution in [0.5, 0.6) is 5.75 Å². The molecular formula is C14H18ClNO. The monoisotopic (exact) mass is 251 g/mol. The van der Waals surface area contributed by atoms with E-state index >= 15 is 0 Å². The molecule has 0 bridgehead atoms. The Labute approximate surface area is 108 Å². The lowest BCUT2D eigenvalue weighted by atomic mass is 10.1. The zero-order chi connectivity index (χ0) is 12.7. The van der Waals surface area contributed by atoms with Crippen LogP contribution in [0.15, 0.2) is 18.2 Å². The van der Waals surface area contributed by atoms with Gasteiger partial charge in [-0.3, -0.25) is 0 Å². The number of hydrogen-bond acceptors (Lipinski definition) is 2. The predicted molar refractivity (Wildman–Crippen MR) is 72.5 cm³/mol. The second-order valence-electron chi connectivity index (χ2n) is 3.76. The second-order valence-corrected chi connectivity index (χ2v) is 4.20. The number of nitrogens with one attached hydrogen (secondary N) is 1. The molecule has 17 heavy (non-hydrogen) atoms. The third-order valence-electron chi connectivity index (χ3n) is 2.45. The maximum absolute atomic E-state index is 6.01. The van der Waals surface area contributed by atoms with E-state index in [9.17, 15) is 0 Å². The lowest BCUT2D eigenvalue weighted by Gasteiger charge is -2.17. The number of ether oxygens (including phenoxy) is 1. The van der Waals surface area contributed by atoms with Crippen molar-refractivity contribution in [2.75, 3.05) is 13.2 Å². The third-order valence-corrected chi connectivity index (χ3v) is 2.69. The first-order chi connectivity index (χ1) is 8.19. The third kappa shape index (κ3) is 4.30. The van der Waals surface area contributed by atoms with Gasteiger partial charge < -0.3 is 10.1 Å². The number of terminal acetylenes is 1. The molecule has 0 amide bonds. The van der Waals surface area contributed by atoms with Crippen LogP contribution in [-0.4, -0.2) is 13.2 Å². The molecular weight excluding hydrogens is 234 g/mol. The first-order valence-corrected chi connectivity index (χ1v) is 6.16. The maximum Gasteiger partial charge on any atom is 0.124 e. The highest BCUT2D eigenvalue weighted by molar-refractivity contribution is 6.30. The fourth-order valence-electron chi connectivity index (χ4n) is 1.63. The van der Waals surface area contributed by atoms with Crippen molar-refractivity contribution in [3.63, 3.8) is 0 Å². The minimum absolute atomic E-state index is 0.208. The topological polar surface area (TPSA) is 21.3 Å². The van der Waals surface area contributed by atoms with E-state index in [1.54, 1.807) is 0 Å². The van der Waals surface area contributed by atoms with Crippen LogP contribution in [-0.2, 0) is 0 Å². The second kappa shape index (κ2) is 7.21. The van der Waals surface area contributed by atoms with Gasteiger partial charge in [-0.25, -0.2) is 0 Å². The van der Waals surface area contributed by atoms with Gasteiger partial charge in [0.25, 0.3) is 0 Å². The van der Waals surface area contributed by atoms with Gasteiger partial charge in [0.05, 0.1) is 6.61 Å². The normalized spacial score (nSPS) is 11.9. The van der Waals surface area contributed by atoms with E-state index < -0.39 is 0 Å². The van der Waals surface area contributed by atoms with Gasteiger partial charge in [-0.1, -0.05) is 18.5 Å². The summed E-state index contributed by atoms with van der Waals surface area (Å²) in [6.45, 7) is 5.59. The minimum Gasteiger partial charge on any atom is -0.492 e. The van der Waals surface area contributed by atoms with Crippen molar-refractivity contribution in [3.05, 3.63) is 28.8 Å². The van der Waals surface area contributed by atoms with Crippen LogP contribution in [0.2, 0.25) is 5.02 Å². The van der Waals surface area contributed by atoms with Crippen LogP contribution in [0.1, 0.15) is 31.9 Å². The van der Waals surface area contributed by atoms with Crippen molar-refractivity contribution in [3.8, 4) is 18.1 Å². The Morgan fingerprint density at radius 1 is 1.53 bits per heavy atom. The molecule has 0 heterocycles. The maximum atomic E-state index is 6.01. The van der Waals surface area contributed by atoms with E-state index in [2.05, 4.69) is 25.1 Å². The van der Waals surface area contributed by atoms with Gasteiger partial charge in [-0.05, 0) is 31.7 Å². The molecule has 0 aliphatic rings. The average molecular weight is 252 g/mol. The molecule has 0 aliphatic carbocycles. The predicted octanol–water partition coefficient (Wildman–Crippen LogP) is 3.41. The number of benzene rings is 1. The molecule has 0 saturated heterocycles. The molecule has 0 aromatic heterocycles. The van der Waals surface area contributed by atoms with Crippen molar-refractivity contribution in [1.29, 1.82) is 0 Å². The molecule has 0 fully saturated rings. The highest BCUT2D eigenvalue weighted by Gasteiger charge is 2.11. The molecule has 2 nitrogen and oxygen atoms in total. The summed E-state index contributed by atoms with van der Waals surface area (Å²) in [5.41, 5.74) is 1.07. The zero-order valence-electron chi connectivity index (χ0n) is 10.3. The molecule has 0 aliphatic heterocycles. The highest BCUT2D eigenvalue weighted by atomic mass is 35.5. The fraction of sp³-hybridized carbons (Fsp3) is 0.429. The summed E-state index contributed by atoms with van der Waals surface area (Å²) in [5.74, 6) is 3.40. The van der Waals surface area contributed by atoms with E-state index in [1.807, 2.05) is 18.2 Å². The molecule has 1 atom stereocenters. The summed E-state index contributed by atoms with van der Waals surface area (Å²) >= 11 is 6.01. The van der Waals surface area contributed by atoms with E-state index in [0.29, 0.717) is 18.1 Å². The Balaban J connectivity index is 2.84. The first-order valence-electron chi connectivity index (χ1n) is 5.78. The highest BCUT2D eigenvalue weighted by Crippen LogP contribution is 2.28. The van der Waals surface area contributed by atoms with E-state index in [0.717, 1.165) is 17.9 Å². The molecule has 0 radical (unpaired) electrons. The summed E-state index contributed by atoms with van der Waals surface area (Å²) in [6, 6.07) is 5.86. The molecule has 1 rings (SSSR count). The number of rotatable bonds is 6. The molecule has 1 aromatic rings. The van der Waals surface area contributed by atoms with Gasteiger partial charge in [-0.15, -0.1) is 12.3 Å². The molecule has 0 saturated carbocycles. The zero-order valence-corrected chi connectivity index (χ0v) is 11.1. The SMILES string of the molecule is C#CCCOc1ccc(Cl)cc1C(C)NCC. The van der Waals surface area contributed by atoms with E-state index in [-0.39, 0.29) is 6.04 Å². The molecule has 1 unspecified atom stereocenters. The van der Waals surface area contributed by atoms with Crippen molar-refractivity contribution in [2.45, 2.75) is 26.3 Å². The first kappa shape index (κ1) is 13.9. The molecule has 3 heteroatoms. The van der Waals surface area contributed by atoms with Crippen LogP contribution in [0.25, 0.3) is 0 Å². The summed E-state index contributed by atoms with van der Waals surface area (Å²) in [6.07, 6.45) is 5.81. The number of halogens is 1. The lowest BCUT2D eigenvalue weighted by Crippen LogP contribution is -2.18. The largest absolute Gasteiger partial charge is 0.492 e. The Kier molecular flexibility index (Phi) is 5.90. The number of hydrogen-bond donors (Lipinski definition) is 1. The standard InChI is InChI=1S/C14H18ClNO/c1-4-6-9-17-14-8-7-12(15)10-13(14)11(3)16-5-2/h1,7-8,10-11,16H,5-6,9H2,2-3H3. The van der Waals surface area contributed by atoms with Crippen molar-refractivity contribution in [2.24, 2.45) is 0 Å². The molecule has 1 N–H and O–H groups in total. The Morgan fingerprint density at radius 2 is 2.29 bits per heavy atom. The fourth-order valence-corrected chi connectivity index (χ4v) is 1.81. The van der Waals surface area contributed by atoms with E-state index in [1.165, 1.54) is 0 Å². The van der Waals surface area contributed by atoms with E-state index in [4.69, 9.17) is 22.8 Å². The van der Waals surface area contributed by atoms with Gasteiger partial charge in [-0.2, -0.15) is 0 Å². The van der Waals surface area contributed by atoms with Crippen molar-refractivity contribution < 1.29 is 4.74 Å². The van der Waals surface area contributed by atoms with Crippen LogP contribution < -0.4 is 10.1 Å².